The number of ether oxygens (including phenoxy) is 1. The molecule has 0 aromatic heterocycles. The van der Waals surface area contributed by atoms with Crippen LogP contribution < -0.4 is 4.74 Å². The monoisotopic (exact) mass is 398 g/mol. The molecule has 0 heterocycles. The Hall–Kier alpha value is -2.54. The van der Waals surface area contributed by atoms with Gasteiger partial charge < -0.3 is 4.74 Å². The molecule has 0 bridgehead atoms. The van der Waals surface area contributed by atoms with Crippen molar-refractivity contribution >= 4 is 10.8 Å². The molecule has 1 aliphatic carbocycles. The van der Waals surface area contributed by atoms with Crippen LogP contribution in [0, 0.1) is 0 Å². The van der Waals surface area contributed by atoms with Gasteiger partial charge in [0.05, 0.1) is 6.61 Å². The van der Waals surface area contributed by atoms with E-state index in [0.29, 0.717) is 12.5 Å². The second-order valence-corrected chi connectivity index (χ2v) is 8.69. The SMILES string of the molecule is C=CCCOc1ccc2c(c1)CCC(c1ccc3cc(CCCCC)ccc3c1)C2. The lowest BCUT2D eigenvalue weighted by Gasteiger charge is -2.26. The van der Waals surface area contributed by atoms with Gasteiger partial charge in [-0.2, -0.15) is 0 Å². The van der Waals surface area contributed by atoms with Gasteiger partial charge in [-0.25, -0.2) is 0 Å². The van der Waals surface area contributed by atoms with E-state index in [4.69, 9.17) is 4.74 Å². The maximum absolute atomic E-state index is 5.84. The second-order valence-electron chi connectivity index (χ2n) is 8.69. The number of unbranched alkanes of at least 4 members (excludes halogenated alkanes) is 2. The molecule has 1 nitrogen and oxygen atoms in total. The van der Waals surface area contributed by atoms with Gasteiger partial charge in [0, 0.05) is 0 Å². The van der Waals surface area contributed by atoms with E-state index in [1.807, 2.05) is 6.08 Å². The topological polar surface area (TPSA) is 9.23 Å². The van der Waals surface area contributed by atoms with Gasteiger partial charge in [0.1, 0.15) is 5.75 Å². The zero-order chi connectivity index (χ0) is 20.8. The van der Waals surface area contributed by atoms with Crippen molar-refractivity contribution in [3.05, 3.63) is 89.5 Å². The molecule has 0 saturated heterocycles. The highest BCUT2D eigenvalue weighted by atomic mass is 16.5. The summed E-state index contributed by atoms with van der Waals surface area (Å²) in [5.41, 5.74) is 5.90. The van der Waals surface area contributed by atoms with Crippen LogP contribution in [0.5, 0.6) is 5.75 Å². The average Bonchev–Trinajstić information content (AvgIpc) is 2.78. The normalized spacial score (nSPS) is 15.7. The van der Waals surface area contributed by atoms with E-state index in [-0.39, 0.29) is 0 Å². The standard InChI is InChI=1S/C29H34O/c1-3-5-7-8-22-9-10-24-19-25(12-11-23(24)18-22)26-13-14-28-21-29(30-17-6-4-2)16-15-27(28)20-26/h4,9-12,15-16,18-19,21,26H,2-3,5-8,13-14,17,20H2,1H3. The van der Waals surface area contributed by atoms with Crippen molar-refractivity contribution < 1.29 is 4.74 Å². The Balaban J connectivity index is 1.45. The molecule has 0 amide bonds. The predicted molar refractivity (Wildman–Crippen MR) is 129 cm³/mol. The lowest BCUT2D eigenvalue weighted by Crippen LogP contribution is -2.13. The minimum Gasteiger partial charge on any atom is -0.493 e. The van der Waals surface area contributed by atoms with Gasteiger partial charge in [-0.05, 0) is 89.6 Å². The van der Waals surface area contributed by atoms with Gasteiger partial charge >= 0.3 is 0 Å². The lowest BCUT2D eigenvalue weighted by molar-refractivity contribution is 0.324. The summed E-state index contributed by atoms with van der Waals surface area (Å²) in [5, 5.41) is 2.76. The summed E-state index contributed by atoms with van der Waals surface area (Å²) in [7, 11) is 0. The fourth-order valence-electron chi connectivity index (χ4n) is 4.67. The van der Waals surface area contributed by atoms with Crippen LogP contribution in [0.2, 0.25) is 0 Å². The Morgan fingerprint density at radius 2 is 1.83 bits per heavy atom. The maximum atomic E-state index is 5.84. The Labute approximate surface area is 181 Å². The van der Waals surface area contributed by atoms with Crippen molar-refractivity contribution in [3.63, 3.8) is 0 Å². The highest BCUT2D eigenvalue weighted by molar-refractivity contribution is 5.84. The summed E-state index contributed by atoms with van der Waals surface area (Å²) in [5.74, 6) is 1.60. The molecule has 1 heteroatoms. The fraction of sp³-hybridized carbons (Fsp3) is 0.379. The number of hydrogen-bond donors (Lipinski definition) is 0. The number of benzene rings is 3. The van der Waals surface area contributed by atoms with Crippen molar-refractivity contribution in [3.8, 4) is 5.75 Å². The van der Waals surface area contributed by atoms with Gasteiger partial charge in [0.15, 0.2) is 0 Å². The molecule has 30 heavy (non-hydrogen) atoms. The van der Waals surface area contributed by atoms with Crippen LogP contribution in [-0.4, -0.2) is 6.61 Å². The third kappa shape index (κ3) is 4.95. The van der Waals surface area contributed by atoms with Gasteiger partial charge in [-0.3, -0.25) is 0 Å². The Bertz CT molecular complexity index is 1000. The number of rotatable bonds is 9. The average molecular weight is 399 g/mol. The van der Waals surface area contributed by atoms with Crippen LogP contribution in [0.15, 0.2) is 67.3 Å². The minimum absolute atomic E-state index is 0.610. The van der Waals surface area contributed by atoms with Crippen LogP contribution in [0.25, 0.3) is 10.8 Å². The Morgan fingerprint density at radius 3 is 2.70 bits per heavy atom. The van der Waals surface area contributed by atoms with E-state index >= 15 is 0 Å². The summed E-state index contributed by atoms with van der Waals surface area (Å²) in [6.45, 7) is 6.73. The first-order chi connectivity index (χ1) is 14.8. The molecule has 1 atom stereocenters. The van der Waals surface area contributed by atoms with Gasteiger partial charge in [-0.1, -0.05) is 68.3 Å². The molecule has 0 radical (unpaired) electrons. The van der Waals surface area contributed by atoms with Gasteiger partial charge in [0.25, 0.3) is 0 Å². The minimum atomic E-state index is 0.610. The molecule has 1 unspecified atom stereocenters. The zero-order valence-corrected chi connectivity index (χ0v) is 18.3. The van der Waals surface area contributed by atoms with Crippen LogP contribution in [-0.2, 0) is 19.3 Å². The molecular formula is C29H34O. The molecule has 0 spiro atoms. The maximum Gasteiger partial charge on any atom is 0.119 e. The van der Waals surface area contributed by atoms with Crippen molar-refractivity contribution in [1.29, 1.82) is 0 Å². The van der Waals surface area contributed by atoms with Crippen molar-refractivity contribution in [2.75, 3.05) is 6.61 Å². The molecule has 156 valence electrons. The third-order valence-corrected chi connectivity index (χ3v) is 6.47. The molecule has 0 fully saturated rings. The number of aryl methyl sites for hydroxylation is 2. The highest BCUT2D eigenvalue weighted by Crippen LogP contribution is 2.35. The Morgan fingerprint density at radius 1 is 0.967 bits per heavy atom. The van der Waals surface area contributed by atoms with Crippen molar-refractivity contribution in [2.24, 2.45) is 0 Å². The van der Waals surface area contributed by atoms with E-state index in [9.17, 15) is 0 Å². The molecule has 0 aliphatic heterocycles. The summed E-state index contributed by atoms with van der Waals surface area (Å²) < 4.78 is 5.84. The van der Waals surface area contributed by atoms with E-state index in [0.717, 1.165) is 25.0 Å². The Kier molecular flexibility index (Phi) is 6.89. The predicted octanol–water partition coefficient (Wildman–Crippen LogP) is 7.80. The third-order valence-electron chi connectivity index (χ3n) is 6.47. The van der Waals surface area contributed by atoms with Gasteiger partial charge in [-0.15, -0.1) is 6.58 Å². The second kappa shape index (κ2) is 9.98. The largest absolute Gasteiger partial charge is 0.493 e. The van der Waals surface area contributed by atoms with E-state index in [1.165, 1.54) is 65.1 Å². The summed E-state index contributed by atoms with van der Waals surface area (Å²) >= 11 is 0. The highest BCUT2D eigenvalue weighted by Gasteiger charge is 2.21. The molecule has 0 saturated carbocycles. The molecule has 1 aliphatic rings. The van der Waals surface area contributed by atoms with Crippen LogP contribution in [0.3, 0.4) is 0 Å². The smallest absolute Gasteiger partial charge is 0.119 e. The first-order valence-electron chi connectivity index (χ1n) is 11.6. The van der Waals surface area contributed by atoms with Crippen LogP contribution in [0.1, 0.15) is 67.2 Å². The number of fused-ring (bicyclic) bond motifs is 2. The van der Waals surface area contributed by atoms with Crippen LogP contribution in [0.4, 0.5) is 0 Å². The molecule has 0 N–H and O–H groups in total. The van der Waals surface area contributed by atoms with E-state index in [2.05, 4.69) is 68.1 Å². The molecular weight excluding hydrogens is 364 g/mol. The first-order valence-corrected chi connectivity index (χ1v) is 11.6. The number of hydrogen-bond acceptors (Lipinski definition) is 1. The molecule has 4 rings (SSSR count). The van der Waals surface area contributed by atoms with Crippen molar-refractivity contribution in [2.45, 2.75) is 64.2 Å². The summed E-state index contributed by atoms with van der Waals surface area (Å²) in [6.07, 6.45) is 11.4. The van der Waals surface area contributed by atoms with E-state index < -0.39 is 0 Å². The van der Waals surface area contributed by atoms with E-state index in [1.54, 1.807) is 0 Å². The first kappa shape index (κ1) is 20.7. The van der Waals surface area contributed by atoms with Crippen LogP contribution >= 0.6 is 0 Å². The van der Waals surface area contributed by atoms with Gasteiger partial charge in [0.2, 0.25) is 0 Å². The summed E-state index contributed by atoms with van der Waals surface area (Å²) in [4.78, 5) is 0. The lowest BCUT2D eigenvalue weighted by atomic mass is 9.79. The zero-order valence-electron chi connectivity index (χ0n) is 18.3. The van der Waals surface area contributed by atoms with Crippen molar-refractivity contribution in [1.82, 2.24) is 0 Å². The molecule has 3 aromatic rings. The fourth-order valence-corrected chi connectivity index (χ4v) is 4.67. The summed E-state index contributed by atoms with van der Waals surface area (Å²) in [6, 6.07) is 20.8. The quantitative estimate of drug-likeness (QED) is 0.264. The molecule has 3 aromatic carbocycles.